The molecule has 4 nitrogen and oxygen atoms in total. The van der Waals surface area contributed by atoms with Crippen molar-refractivity contribution < 1.29 is 19.4 Å². The Bertz CT molecular complexity index is 189. The van der Waals surface area contributed by atoms with Crippen LogP contribution in [-0.4, -0.2) is 30.1 Å². The van der Waals surface area contributed by atoms with E-state index in [9.17, 15) is 9.59 Å². The summed E-state index contributed by atoms with van der Waals surface area (Å²) in [5.41, 5.74) is 0. The maximum Gasteiger partial charge on any atom is 0.306 e. The van der Waals surface area contributed by atoms with Crippen LogP contribution in [0.4, 0.5) is 0 Å². The van der Waals surface area contributed by atoms with Crippen LogP contribution in [0, 0.1) is 0 Å². The molecule has 4 heteroatoms. The Balaban J connectivity index is 3.20. The summed E-state index contributed by atoms with van der Waals surface area (Å²) in [4.78, 5) is 21.6. The first kappa shape index (κ1) is 14.1. The van der Waals surface area contributed by atoms with Gasteiger partial charge in [-0.1, -0.05) is 6.42 Å². The first-order valence-electron chi connectivity index (χ1n) is 5.42. The highest BCUT2D eigenvalue weighted by molar-refractivity contribution is 5.80. The second-order valence-electron chi connectivity index (χ2n) is 3.56. The van der Waals surface area contributed by atoms with Crippen LogP contribution >= 0.6 is 0 Å². The molecule has 0 atom stereocenters. The fourth-order valence-electron chi connectivity index (χ4n) is 1.10. The van der Waals surface area contributed by atoms with E-state index in [4.69, 9.17) is 9.84 Å². The number of aliphatic hydroxyl groups is 1. The largest absolute Gasteiger partial charge is 0.466 e. The Hall–Kier alpha value is -0.900. The number of aliphatic hydroxyl groups excluding tert-OH is 1. The molecule has 0 saturated heterocycles. The second-order valence-corrected chi connectivity index (χ2v) is 3.56. The van der Waals surface area contributed by atoms with Gasteiger partial charge >= 0.3 is 5.97 Å². The monoisotopic (exact) mass is 216 g/mol. The molecule has 0 aliphatic heterocycles. The van der Waals surface area contributed by atoms with E-state index in [0.29, 0.717) is 6.61 Å². The minimum Gasteiger partial charge on any atom is -0.466 e. The Morgan fingerprint density at radius 3 is 2.33 bits per heavy atom. The molecule has 0 aromatic rings. The van der Waals surface area contributed by atoms with Crippen molar-refractivity contribution in [3.63, 3.8) is 0 Å². The first-order chi connectivity index (χ1) is 7.16. The Labute approximate surface area is 90.6 Å². The van der Waals surface area contributed by atoms with Gasteiger partial charge in [0.1, 0.15) is 5.78 Å². The number of hydrogen-bond acceptors (Lipinski definition) is 4. The molecule has 0 amide bonds. The van der Waals surface area contributed by atoms with Crippen molar-refractivity contribution in [2.45, 2.75) is 45.4 Å². The molecule has 0 saturated carbocycles. The Morgan fingerprint density at radius 1 is 1.07 bits per heavy atom. The molecule has 0 aliphatic rings. The summed E-state index contributed by atoms with van der Waals surface area (Å²) in [7, 11) is 0. The molecule has 0 aromatic carbocycles. The molecular formula is C11H20O4. The number of carbonyl (C=O) groups excluding carboxylic acids is 2. The quantitative estimate of drug-likeness (QED) is 0.468. The molecule has 0 unspecified atom stereocenters. The third-order valence-electron chi connectivity index (χ3n) is 2.00. The number of esters is 1. The second kappa shape index (κ2) is 9.65. The van der Waals surface area contributed by atoms with Crippen LogP contribution < -0.4 is 0 Å². The molecule has 0 bridgehead atoms. The number of rotatable bonds is 9. The van der Waals surface area contributed by atoms with Gasteiger partial charge in [-0.2, -0.15) is 0 Å². The summed E-state index contributed by atoms with van der Waals surface area (Å²) in [6.07, 6.45) is 4.00. The number of ketones is 1. The van der Waals surface area contributed by atoms with Crippen LogP contribution in [-0.2, 0) is 14.3 Å². The zero-order chi connectivity index (χ0) is 11.5. The van der Waals surface area contributed by atoms with Gasteiger partial charge < -0.3 is 14.6 Å². The molecule has 0 rings (SSSR count). The molecule has 0 aromatic heterocycles. The number of Topliss-reactive ketones (excluding diaryl/α,β-unsaturated/α-hetero) is 1. The summed E-state index contributed by atoms with van der Waals surface area (Å²) in [6.45, 7) is 2.10. The molecular weight excluding hydrogens is 196 g/mol. The lowest BCUT2D eigenvalue weighted by atomic mass is 10.2. The van der Waals surface area contributed by atoms with Crippen molar-refractivity contribution in [1.82, 2.24) is 0 Å². The Kier molecular flexibility index (Phi) is 9.07. The smallest absolute Gasteiger partial charge is 0.306 e. The molecule has 0 radical (unpaired) electrons. The van der Waals surface area contributed by atoms with E-state index in [0.717, 1.165) is 25.7 Å². The Morgan fingerprint density at radius 2 is 1.73 bits per heavy atom. The van der Waals surface area contributed by atoms with E-state index in [2.05, 4.69) is 0 Å². The molecule has 0 spiro atoms. The molecule has 0 aliphatic carbocycles. The van der Waals surface area contributed by atoms with Gasteiger partial charge in [0.25, 0.3) is 0 Å². The van der Waals surface area contributed by atoms with Gasteiger partial charge in [-0.25, -0.2) is 0 Å². The highest BCUT2D eigenvalue weighted by atomic mass is 16.5. The predicted molar refractivity (Wildman–Crippen MR) is 56.4 cm³/mol. The van der Waals surface area contributed by atoms with Crippen LogP contribution in [0.2, 0.25) is 0 Å². The highest BCUT2D eigenvalue weighted by Crippen LogP contribution is 2.01. The zero-order valence-electron chi connectivity index (χ0n) is 9.33. The van der Waals surface area contributed by atoms with Gasteiger partial charge in [0, 0.05) is 13.0 Å². The van der Waals surface area contributed by atoms with Crippen molar-refractivity contribution in [2.24, 2.45) is 0 Å². The normalized spacial score (nSPS) is 10.0. The highest BCUT2D eigenvalue weighted by Gasteiger charge is 2.03. The molecule has 15 heavy (non-hydrogen) atoms. The van der Waals surface area contributed by atoms with Gasteiger partial charge in [-0.3, -0.25) is 4.79 Å². The molecule has 1 N–H and O–H groups in total. The van der Waals surface area contributed by atoms with Gasteiger partial charge in [0.2, 0.25) is 0 Å². The van der Waals surface area contributed by atoms with E-state index in [1.165, 1.54) is 6.92 Å². The number of ether oxygens (including phenoxy) is 1. The SMILES string of the molecule is CC(=O)CCC(=O)OCCCCCCO. The van der Waals surface area contributed by atoms with Gasteiger partial charge in [-0.15, -0.1) is 0 Å². The summed E-state index contributed by atoms with van der Waals surface area (Å²) in [5.74, 6) is -0.290. The molecule has 0 fully saturated rings. The average molecular weight is 216 g/mol. The lowest BCUT2D eigenvalue weighted by Gasteiger charge is -2.03. The minimum atomic E-state index is -0.299. The number of unbranched alkanes of at least 4 members (excludes halogenated alkanes) is 3. The lowest BCUT2D eigenvalue weighted by Crippen LogP contribution is -2.07. The predicted octanol–water partition coefficient (Wildman–Crippen LogP) is 1.45. The molecule has 0 heterocycles. The van der Waals surface area contributed by atoms with Crippen molar-refractivity contribution in [3.8, 4) is 0 Å². The van der Waals surface area contributed by atoms with Crippen molar-refractivity contribution in [1.29, 1.82) is 0 Å². The third-order valence-corrected chi connectivity index (χ3v) is 2.00. The third kappa shape index (κ3) is 11.0. The van der Waals surface area contributed by atoms with Gasteiger partial charge in [0.05, 0.1) is 13.0 Å². The maximum atomic E-state index is 11.0. The molecule has 88 valence electrons. The maximum absolute atomic E-state index is 11.0. The minimum absolute atomic E-state index is 0.00916. The summed E-state index contributed by atoms with van der Waals surface area (Å²) in [6, 6.07) is 0. The van der Waals surface area contributed by atoms with E-state index in [1.807, 2.05) is 0 Å². The van der Waals surface area contributed by atoms with E-state index in [-0.39, 0.29) is 31.2 Å². The van der Waals surface area contributed by atoms with Crippen LogP contribution in [0.5, 0.6) is 0 Å². The van der Waals surface area contributed by atoms with Crippen LogP contribution in [0.25, 0.3) is 0 Å². The number of carbonyl (C=O) groups is 2. The van der Waals surface area contributed by atoms with Crippen molar-refractivity contribution in [2.75, 3.05) is 13.2 Å². The number of hydrogen-bond donors (Lipinski definition) is 1. The van der Waals surface area contributed by atoms with E-state index >= 15 is 0 Å². The van der Waals surface area contributed by atoms with E-state index in [1.54, 1.807) is 0 Å². The zero-order valence-corrected chi connectivity index (χ0v) is 9.33. The topological polar surface area (TPSA) is 63.6 Å². The lowest BCUT2D eigenvalue weighted by molar-refractivity contribution is -0.144. The van der Waals surface area contributed by atoms with Gasteiger partial charge in [0.15, 0.2) is 0 Å². The van der Waals surface area contributed by atoms with Crippen LogP contribution in [0.3, 0.4) is 0 Å². The van der Waals surface area contributed by atoms with Crippen molar-refractivity contribution in [3.05, 3.63) is 0 Å². The average Bonchev–Trinajstić information content (AvgIpc) is 2.20. The van der Waals surface area contributed by atoms with Gasteiger partial charge in [-0.05, 0) is 26.2 Å². The summed E-state index contributed by atoms with van der Waals surface area (Å²) >= 11 is 0. The van der Waals surface area contributed by atoms with Crippen molar-refractivity contribution >= 4 is 11.8 Å². The summed E-state index contributed by atoms with van der Waals surface area (Å²) < 4.78 is 4.92. The standard InChI is InChI=1S/C11H20O4/c1-10(13)6-7-11(14)15-9-5-3-2-4-8-12/h12H,2-9H2,1H3. The fourth-order valence-corrected chi connectivity index (χ4v) is 1.10. The van der Waals surface area contributed by atoms with Crippen LogP contribution in [0.15, 0.2) is 0 Å². The van der Waals surface area contributed by atoms with Crippen LogP contribution in [0.1, 0.15) is 45.4 Å². The fraction of sp³-hybridized carbons (Fsp3) is 0.818. The summed E-state index contributed by atoms with van der Waals surface area (Å²) in [5, 5.41) is 8.52. The first-order valence-corrected chi connectivity index (χ1v) is 5.42. The van der Waals surface area contributed by atoms with E-state index < -0.39 is 0 Å².